The molecule has 3 rings (SSSR count). The summed E-state index contributed by atoms with van der Waals surface area (Å²) in [4.78, 5) is 14.4. The van der Waals surface area contributed by atoms with Gasteiger partial charge in [-0.05, 0) is 42.8 Å². The molecular weight excluding hydrogens is 418 g/mol. The third kappa shape index (κ3) is 7.95. The molecule has 0 saturated carbocycles. The summed E-state index contributed by atoms with van der Waals surface area (Å²) in [7, 11) is -3.63. The number of carbonyl (C=O) groups excluding carboxylic acids is 1. The fourth-order valence-corrected chi connectivity index (χ4v) is 4.15. The van der Waals surface area contributed by atoms with E-state index in [4.69, 9.17) is 9.47 Å². The fourth-order valence-electron chi connectivity index (χ4n) is 3.13. The van der Waals surface area contributed by atoms with Gasteiger partial charge in [-0.25, -0.2) is 13.1 Å². The first kappa shape index (κ1) is 23.2. The van der Waals surface area contributed by atoms with Crippen LogP contribution in [-0.2, 0) is 26.1 Å². The molecule has 1 heterocycles. The van der Waals surface area contributed by atoms with Gasteiger partial charge >= 0.3 is 0 Å². The molecule has 0 spiro atoms. The SMILES string of the molecule is O=C(COc1ccc(S(=O)(=O)NCc2ccccc2)cc1)NCCCN1CCOCC1. The van der Waals surface area contributed by atoms with Crippen LogP contribution in [0, 0.1) is 0 Å². The lowest BCUT2D eigenvalue weighted by Gasteiger charge is -2.26. The maximum Gasteiger partial charge on any atom is 0.257 e. The number of morpholine rings is 1. The van der Waals surface area contributed by atoms with E-state index in [1.54, 1.807) is 12.1 Å². The summed E-state index contributed by atoms with van der Waals surface area (Å²) in [5, 5.41) is 2.83. The molecule has 2 aromatic rings. The zero-order chi connectivity index (χ0) is 21.9. The molecule has 1 saturated heterocycles. The lowest BCUT2D eigenvalue weighted by atomic mass is 10.2. The third-order valence-corrected chi connectivity index (χ3v) is 6.31. The number of nitrogens with zero attached hydrogens (tertiary/aromatic N) is 1. The van der Waals surface area contributed by atoms with Crippen molar-refractivity contribution < 1.29 is 22.7 Å². The molecule has 168 valence electrons. The van der Waals surface area contributed by atoms with Gasteiger partial charge < -0.3 is 14.8 Å². The maximum absolute atomic E-state index is 12.4. The van der Waals surface area contributed by atoms with Crippen LogP contribution in [0.3, 0.4) is 0 Å². The molecule has 0 bridgehead atoms. The summed E-state index contributed by atoms with van der Waals surface area (Å²) in [5.41, 5.74) is 0.877. The highest BCUT2D eigenvalue weighted by molar-refractivity contribution is 7.89. The quantitative estimate of drug-likeness (QED) is 0.505. The van der Waals surface area contributed by atoms with E-state index in [1.807, 2.05) is 30.3 Å². The van der Waals surface area contributed by atoms with Crippen LogP contribution in [-0.4, -0.2) is 65.2 Å². The van der Waals surface area contributed by atoms with Gasteiger partial charge in [-0.15, -0.1) is 0 Å². The average molecular weight is 448 g/mol. The predicted octanol–water partition coefficient (Wildman–Crippen LogP) is 1.38. The number of carbonyl (C=O) groups is 1. The average Bonchev–Trinajstić information content (AvgIpc) is 2.81. The summed E-state index contributed by atoms with van der Waals surface area (Å²) in [6, 6.07) is 15.3. The minimum Gasteiger partial charge on any atom is -0.484 e. The highest BCUT2D eigenvalue weighted by Gasteiger charge is 2.14. The highest BCUT2D eigenvalue weighted by atomic mass is 32.2. The lowest BCUT2D eigenvalue weighted by Crippen LogP contribution is -2.38. The van der Waals surface area contributed by atoms with Crippen molar-refractivity contribution in [3.63, 3.8) is 0 Å². The van der Waals surface area contributed by atoms with Crippen LogP contribution in [0.1, 0.15) is 12.0 Å². The maximum atomic E-state index is 12.4. The van der Waals surface area contributed by atoms with Crippen molar-refractivity contribution in [1.82, 2.24) is 14.9 Å². The monoisotopic (exact) mass is 447 g/mol. The van der Waals surface area contributed by atoms with Gasteiger partial charge in [0.15, 0.2) is 6.61 Å². The van der Waals surface area contributed by atoms with E-state index in [0.717, 1.165) is 44.8 Å². The largest absolute Gasteiger partial charge is 0.484 e. The predicted molar refractivity (Wildman–Crippen MR) is 117 cm³/mol. The van der Waals surface area contributed by atoms with Gasteiger partial charge in [0.2, 0.25) is 10.0 Å². The van der Waals surface area contributed by atoms with Crippen molar-refractivity contribution in [2.45, 2.75) is 17.9 Å². The summed E-state index contributed by atoms with van der Waals surface area (Å²) in [6.45, 7) is 5.02. The zero-order valence-electron chi connectivity index (χ0n) is 17.5. The molecule has 0 atom stereocenters. The van der Waals surface area contributed by atoms with Crippen LogP contribution in [0.5, 0.6) is 5.75 Å². The van der Waals surface area contributed by atoms with Gasteiger partial charge in [0.25, 0.3) is 5.91 Å². The van der Waals surface area contributed by atoms with E-state index in [2.05, 4.69) is 14.9 Å². The Hall–Kier alpha value is -2.46. The molecule has 1 aliphatic rings. The van der Waals surface area contributed by atoms with Crippen LogP contribution >= 0.6 is 0 Å². The van der Waals surface area contributed by atoms with Crippen LogP contribution in [0.4, 0.5) is 0 Å². The third-order valence-electron chi connectivity index (χ3n) is 4.89. The minimum absolute atomic E-state index is 0.115. The van der Waals surface area contributed by atoms with E-state index in [-0.39, 0.29) is 24.0 Å². The number of hydrogen-bond donors (Lipinski definition) is 2. The summed E-state index contributed by atoms with van der Waals surface area (Å²) < 4.78 is 38.2. The Bertz CT molecular complexity index is 914. The number of hydrogen-bond acceptors (Lipinski definition) is 6. The van der Waals surface area contributed by atoms with Gasteiger partial charge in [-0.3, -0.25) is 9.69 Å². The van der Waals surface area contributed by atoms with Gasteiger partial charge in [0, 0.05) is 26.2 Å². The van der Waals surface area contributed by atoms with Gasteiger partial charge in [-0.2, -0.15) is 0 Å². The first-order valence-corrected chi connectivity index (χ1v) is 11.8. The Balaban J connectivity index is 1.36. The highest BCUT2D eigenvalue weighted by Crippen LogP contribution is 2.16. The van der Waals surface area contributed by atoms with Crippen molar-refractivity contribution >= 4 is 15.9 Å². The van der Waals surface area contributed by atoms with Crippen molar-refractivity contribution in [2.24, 2.45) is 0 Å². The van der Waals surface area contributed by atoms with Crippen molar-refractivity contribution in [1.29, 1.82) is 0 Å². The molecule has 9 heteroatoms. The van der Waals surface area contributed by atoms with Crippen molar-refractivity contribution in [3.05, 3.63) is 60.2 Å². The molecule has 2 aromatic carbocycles. The summed E-state index contributed by atoms with van der Waals surface area (Å²) in [5.74, 6) is 0.230. The number of amides is 1. The van der Waals surface area contributed by atoms with E-state index in [0.29, 0.717) is 12.3 Å². The second kappa shape index (κ2) is 11.8. The van der Waals surface area contributed by atoms with Crippen molar-refractivity contribution in [2.75, 3.05) is 46.0 Å². The molecule has 0 aromatic heterocycles. The standard InChI is InChI=1S/C22H29N3O5S/c26-22(23-11-4-12-25-13-15-29-16-14-25)18-30-20-7-9-21(10-8-20)31(27,28)24-17-19-5-2-1-3-6-19/h1-3,5-10,24H,4,11-18H2,(H,23,26). The number of rotatable bonds is 11. The Labute approximate surface area is 183 Å². The Morgan fingerprint density at radius 2 is 1.74 bits per heavy atom. The molecule has 0 unspecified atom stereocenters. The second-order valence-corrected chi connectivity index (χ2v) is 8.99. The molecule has 0 radical (unpaired) electrons. The minimum atomic E-state index is -3.63. The Morgan fingerprint density at radius 1 is 1.03 bits per heavy atom. The normalized spacial score (nSPS) is 14.8. The number of ether oxygens (including phenoxy) is 2. The van der Waals surface area contributed by atoms with Crippen LogP contribution in [0.25, 0.3) is 0 Å². The van der Waals surface area contributed by atoms with Crippen LogP contribution in [0.15, 0.2) is 59.5 Å². The van der Waals surface area contributed by atoms with Gasteiger partial charge in [0.1, 0.15) is 5.75 Å². The molecule has 8 nitrogen and oxygen atoms in total. The second-order valence-electron chi connectivity index (χ2n) is 7.23. The first-order chi connectivity index (χ1) is 15.0. The van der Waals surface area contributed by atoms with Gasteiger partial charge in [-0.1, -0.05) is 30.3 Å². The first-order valence-electron chi connectivity index (χ1n) is 10.4. The molecular formula is C22H29N3O5S. The molecule has 1 aliphatic heterocycles. The van der Waals surface area contributed by atoms with E-state index in [1.165, 1.54) is 12.1 Å². The van der Waals surface area contributed by atoms with E-state index < -0.39 is 10.0 Å². The number of sulfonamides is 1. The summed E-state index contributed by atoms with van der Waals surface area (Å²) >= 11 is 0. The van der Waals surface area contributed by atoms with E-state index in [9.17, 15) is 13.2 Å². The molecule has 31 heavy (non-hydrogen) atoms. The summed E-state index contributed by atoms with van der Waals surface area (Å²) in [6.07, 6.45) is 0.869. The number of nitrogens with one attached hydrogen (secondary N) is 2. The molecule has 1 fully saturated rings. The van der Waals surface area contributed by atoms with Crippen molar-refractivity contribution in [3.8, 4) is 5.75 Å². The van der Waals surface area contributed by atoms with Crippen LogP contribution in [0.2, 0.25) is 0 Å². The van der Waals surface area contributed by atoms with E-state index >= 15 is 0 Å². The Kier molecular flexibility index (Phi) is 8.84. The van der Waals surface area contributed by atoms with Gasteiger partial charge in [0.05, 0.1) is 18.1 Å². The molecule has 0 aliphatic carbocycles. The topological polar surface area (TPSA) is 97.0 Å². The lowest BCUT2D eigenvalue weighted by molar-refractivity contribution is -0.123. The Morgan fingerprint density at radius 3 is 2.45 bits per heavy atom. The smallest absolute Gasteiger partial charge is 0.257 e. The zero-order valence-corrected chi connectivity index (χ0v) is 18.3. The number of benzene rings is 2. The van der Waals surface area contributed by atoms with Crippen LogP contribution < -0.4 is 14.8 Å². The molecule has 1 amide bonds. The molecule has 2 N–H and O–H groups in total. The fraction of sp³-hybridized carbons (Fsp3) is 0.409.